The first-order valence-corrected chi connectivity index (χ1v) is 13.0. The summed E-state index contributed by atoms with van der Waals surface area (Å²) in [5.41, 5.74) is -2.01. The molecule has 3 aliphatic rings. The zero-order valence-electron chi connectivity index (χ0n) is 23.6. The van der Waals surface area contributed by atoms with Crippen LogP contribution in [0.15, 0.2) is 35.5 Å². The standard InChI is InChI=1S/C28H36O12/c1-9-12(2)24(30)39-23-20-14(4)25(31)38-18(20)10-13(3)21-19(37-21)11-17(26(32)35-8)22(23)40-27(33)28(7,34)15(5)36-16(6)29/h10-12,15,18-23,34H,4,9H2,1-3,5-8H3. The van der Waals surface area contributed by atoms with Crippen molar-refractivity contribution in [2.45, 2.75) is 90.2 Å². The topological polar surface area (TPSA) is 164 Å². The summed E-state index contributed by atoms with van der Waals surface area (Å²) in [6, 6.07) is 0. The van der Waals surface area contributed by atoms with Gasteiger partial charge in [0.05, 0.1) is 24.5 Å². The minimum Gasteiger partial charge on any atom is -0.466 e. The van der Waals surface area contributed by atoms with E-state index in [0.29, 0.717) is 12.0 Å². The first-order chi connectivity index (χ1) is 18.6. The molecule has 220 valence electrons. The van der Waals surface area contributed by atoms with Crippen molar-refractivity contribution >= 4 is 29.8 Å². The van der Waals surface area contributed by atoms with E-state index < -0.39 is 83.9 Å². The maximum absolute atomic E-state index is 13.4. The van der Waals surface area contributed by atoms with Gasteiger partial charge in [0, 0.05) is 12.5 Å². The normalized spacial score (nSPS) is 30.5. The molecule has 0 radical (unpaired) electrons. The average molecular weight is 565 g/mol. The summed E-state index contributed by atoms with van der Waals surface area (Å²) in [5, 5.41) is 11.0. The number of carbonyl (C=O) groups is 5. The molecule has 12 nitrogen and oxygen atoms in total. The fourth-order valence-electron chi connectivity index (χ4n) is 4.49. The van der Waals surface area contributed by atoms with Crippen LogP contribution < -0.4 is 0 Å². The lowest BCUT2D eigenvalue weighted by Gasteiger charge is -2.36. The van der Waals surface area contributed by atoms with Crippen LogP contribution in [0.1, 0.15) is 48.0 Å². The van der Waals surface area contributed by atoms with Crippen LogP contribution in [0.25, 0.3) is 0 Å². The van der Waals surface area contributed by atoms with Gasteiger partial charge in [-0.3, -0.25) is 9.59 Å². The third-order valence-corrected chi connectivity index (χ3v) is 7.44. The Balaban J connectivity index is 2.19. The molecule has 0 bridgehead atoms. The second kappa shape index (κ2) is 11.9. The molecule has 0 aromatic carbocycles. The van der Waals surface area contributed by atoms with Gasteiger partial charge < -0.3 is 33.5 Å². The molecule has 2 heterocycles. The number of rotatable bonds is 8. The smallest absolute Gasteiger partial charge is 0.342 e. The van der Waals surface area contributed by atoms with E-state index in [4.69, 9.17) is 28.4 Å². The molecule has 9 unspecified atom stereocenters. The van der Waals surface area contributed by atoms with Gasteiger partial charge in [0.25, 0.3) is 0 Å². The molecule has 0 amide bonds. The fraction of sp³-hybridized carbons (Fsp3) is 0.607. The molecule has 0 aromatic rings. The zero-order chi connectivity index (χ0) is 30.1. The molecule has 0 spiro atoms. The van der Waals surface area contributed by atoms with E-state index in [2.05, 4.69) is 6.58 Å². The Morgan fingerprint density at radius 3 is 2.38 bits per heavy atom. The number of ether oxygens (including phenoxy) is 6. The monoisotopic (exact) mass is 564 g/mol. The van der Waals surface area contributed by atoms with E-state index in [1.54, 1.807) is 26.8 Å². The third kappa shape index (κ3) is 6.28. The molecule has 12 heteroatoms. The van der Waals surface area contributed by atoms with Crippen molar-refractivity contribution in [1.29, 1.82) is 0 Å². The lowest BCUT2D eigenvalue weighted by atomic mass is 9.83. The lowest BCUT2D eigenvalue weighted by molar-refractivity contribution is -0.195. The lowest BCUT2D eigenvalue weighted by Crippen LogP contribution is -2.53. The quantitative estimate of drug-likeness (QED) is 0.149. The summed E-state index contributed by atoms with van der Waals surface area (Å²) in [6.07, 6.45) is -3.23. The predicted octanol–water partition coefficient (Wildman–Crippen LogP) is 1.48. The average Bonchev–Trinajstić information content (AvgIpc) is 3.61. The second-order valence-corrected chi connectivity index (χ2v) is 10.4. The van der Waals surface area contributed by atoms with E-state index >= 15 is 0 Å². The van der Waals surface area contributed by atoms with Crippen LogP contribution in [-0.2, 0) is 52.4 Å². The molecule has 1 aliphatic carbocycles. The number of epoxide rings is 1. The number of hydrogen-bond acceptors (Lipinski definition) is 12. The first-order valence-electron chi connectivity index (χ1n) is 13.0. The van der Waals surface area contributed by atoms with Crippen LogP contribution in [0, 0.1) is 11.8 Å². The highest BCUT2D eigenvalue weighted by atomic mass is 16.6. The van der Waals surface area contributed by atoms with Gasteiger partial charge in [-0.15, -0.1) is 0 Å². The van der Waals surface area contributed by atoms with E-state index in [1.807, 2.05) is 0 Å². The Bertz CT molecular complexity index is 1150. The number of hydrogen-bond donors (Lipinski definition) is 1. The number of fused-ring (bicyclic) bond motifs is 2. The van der Waals surface area contributed by atoms with Crippen molar-refractivity contribution in [3.8, 4) is 0 Å². The molecule has 2 fully saturated rings. The van der Waals surface area contributed by atoms with Gasteiger partial charge in [-0.05, 0) is 44.9 Å². The van der Waals surface area contributed by atoms with Gasteiger partial charge in [0.15, 0.2) is 17.8 Å². The fourth-order valence-corrected chi connectivity index (χ4v) is 4.49. The van der Waals surface area contributed by atoms with Crippen LogP contribution in [-0.4, -0.2) is 84.3 Å². The Kier molecular flexibility index (Phi) is 9.25. The Morgan fingerprint density at radius 2 is 1.80 bits per heavy atom. The van der Waals surface area contributed by atoms with Crippen molar-refractivity contribution in [2.75, 3.05) is 7.11 Å². The minimum atomic E-state index is -2.39. The number of carbonyl (C=O) groups excluding carboxylic acids is 5. The van der Waals surface area contributed by atoms with Crippen molar-refractivity contribution in [1.82, 2.24) is 0 Å². The number of esters is 5. The predicted molar refractivity (Wildman–Crippen MR) is 136 cm³/mol. The second-order valence-electron chi connectivity index (χ2n) is 10.4. The summed E-state index contributed by atoms with van der Waals surface area (Å²) in [7, 11) is 1.11. The molecule has 9 atom stereocenters. The first kappa shape index (κ1) is 31.0. The molecule has 0 aromatic heterocycles. The molecule has 1 N–H and O–H groups in total. The Labute approximate surface area is 232 Å². The number of methoxy groups -OCH3 is 1. The summed E-state index contributed by atoms with van der Waals surface area (Å²) >= 11 is 0. The van der Waals surface area contributed by atoms with Crippen LogP contribution in [0.2, 0.25) is 0 Å². The van der Waals surface area contributed by atoms with E-state index in [-0.39, 0.29) is 11.1 Å². The van der Waals surface area contributed by atoms with Gasteiger partial charge in [0.1, 0.15) is 24.4 Å². The molecule has 2 saturated heterocycles. The molecular formula is C28H36O12. The summed E-state index contributed by atoms with van der Waals surface area (Å²) in [4.78, 5) is 63.8. The van der Waals surface area contributed by atoms with E-state index in [0.717, 1.165) is 21.0 Å². The molecule has 3 rings (SSSR count). The van der Waals surface area contributed by atoms with Crippen molar-refractivity contribution in [2.24, 2.45) is 11.8 Å². The van der Waals surface area contributed by atoms with Crippen LogP contribution in [0.5, 0.6) is 0 Å². The van der Waals surface area contributed by atoms with Gasteiger partial charge >= 0.3 is 29.8 Å². The minimum absolute atomic E-state index is 0.0739. The summed E-state index contributed by atoms with van der Waals surface area (Å²) in [5.74, 6) is -6.12. The maximum atomic E-state index is 13.4. The molecule has 40 heavy (non-hydrogen) atoms. The largest absolute Gasteiger partial charge is 0.466 e. The van der Waals surface area contributed by atoms with Crippen LogP contribution in [0.3, 0.4) is 0 Å². The van der Waals surface area contributed by atoms with Crippen molar-refractivity contribution in [3.05, 3.63) is 35.5 Å². The van der Waals surface area contributed by atoms with E-state index in [1.165, 1.54) is 13.0 Å². The zero-order valence-corrected chi connectivity index (χ0v) is 23.6. The summed E-state index contributed by atoms with van der Waals surface area (Å²) in [6.45, 7) is 12.4. The SMILES string of the molecule is C=C1C(=O)OC2C=C(C)C3OC3C=C(C(=O)OC)C(OC(=O)C(C)(O)C(C)OC(C)=O)C(OC(=O)C(C)CC)C12. The van der Waals surface area contributed by atoms with Gasteiger partial charge in [-0.2, -0.15) is 0 Å². The summed E-state index contributed by atoms with van der Waals surface area (Å²) < 4.78 is 32.8. The molecular weight excluding hydrogens is 528 g/mol. The Hall–Kier alpha value is -3.51. The van der Waals surface area contributed by atoms with E-state index in [9.17, 15) is 29.1 Å². The highest BCUT2D eigenvalue weighted by molar-refractivity contribution is 5.93. The van der Waals surface area contributed by atoms with Crippen molar-refractivity contribution < 1.29 is 57.5 Å². The van der Waals surface area contributed by atoms with Gasteiger partial charge in [-0.1, -0.05) is 20.4 Å². The maximum Gasteiger partial charge on any atom is 0.342 e. The van der Waals surface area contributed by atoms with Gasteiger partial charge in [0.2, 0.25) is 0 Å². The molecule has 2 aliphatic heterocycles. The van der Waals surface area contributed by atoms with Crippen LogP contribution >= 0.6 is 0 Å². The third-order valence-electron chi connectivity index (χ3n) is 7.44. The van der Waals surface area contributed by atoms with Crippen molar-refractivity contribution in [3.63, 3.8) is 0 Å². The van der Waals surface area contributed by atoms with Gasteiger partial charge in [-0.25, -0.2) is 14.4 Å². The number of aliphatic hydroxyl groups is 1. The highest BCUT2D eigenvalue weighted by Gasteiger charge is 2.54. The molecule has 0 saturated carbocycles. The highest BCUT2D eigenvalue weighted by Crippen LogP contribution is 2.41. The Morgan fingerprint density at radius 1 is 1.15 bits per heavy atom. The van der Waals surface area contributed by atoms with Crippen LogP contribution in [0.4, 0.5) is 0 Å².